The first kappa shape index (κ1) is 15.3. The highest BCUT2D eigenvalue weighted by atomic mass is 32.2. The number of hydrogen-bond acceptors (Lipinski definition) is 5. The van der Waals surface area contributed by atoms with Crippen LogP contribution in [0.4, 0.5) is 4.79 Å². The Bertz CT molecular complexity index is 632. The number of carbonyl (C=O) groups excluding carboxylic acids is 1. The number of rotatable bonds is 2. The fourth-order valence-corrected chi connectivity index (χ4v) is 4.87. The average molecular weight is 324 g/mol. The van der Waals surface area contributed by atoms with Crippen molar-refractivity contribution in [3.05, 3.63) is 35.9 Å². The summed E-state index contributed by atoms with van der Waals surface area (Å²) in [6, 6.07) is 9.39. The van der Waals surface area contributed by atoms with E-state index in [-0.39, 0.29) is 24.9 Å². The zero-order valence-electron chi connectivity index (χ0n) is 12.3. The van der Waals surface area contributed by atoms with Crippen molar-refractivity contribution < 1.29 is 17.9 Å². The first-order valence-corrected chi connectivity index (χ1v) is 9.18. The molecule has 0 radical (unpaired) electrons. The zero-order valence-corrected chi connectivity index (χ0v) is 13.1. The van der Waals surface area contributed by atoms with E-state index in [0.29, 0.717) is 19.5 Å². The highest BCUT2D eigenvalue weighted by molar-refractivity contribution is 7.92. The fraction of sp³-hybridized carbons (Fsp3) is 0.533. The van der Waals surface area contributed by atoms with Crippen molar-refractivity contribution >= 4 is 15.9 Å². The molecule has 0 aromatic heterocycles. The second-order valence-corrected chi connectivity index (χ2v) is 8.08. The smallest absolute Gasteiger partial charge is 0.410 e. The van der Waals surface area contributed by atoms with Gasteiger partial charge in [-0.1, -0.05) is 30.3 Å². The molecule has 1 N–H and O–H groups in total. The number of hydrogen-bond donors (Lipinski definition) is 1. The van der Waals surface area contributed by atoms with E-state index in [1.165, 1.54) is 4.90 Å². The number of nitrogens with one attached hydrogen (secondary N) is 1. The van der Waals surface area contributed by atoms with Crippen LogP contribution in [0.3, 0.4) is 0 Å². The van der Waals surface area contributed by atoms with Gasteiger partial charge in [0.05, 0.1) is 11.0 Å². The number of nitrogens with zero attached hydrogens (tertiary/aromatic N) is 1. The Morgan fingerprint density at radius 2 is 2.09 bits per heavy atom. The average Bonchev–Trinajstić information content (AvgIpc) is 2.53. The number of sulfone groups is 1. The van der Waals surface area contributed by atoms with Gasteiger partial charge in [-0.15, -0.1) is 0 Å². The summed E-state index contributed by atoms with van der Waals surface area (Å²) < 4.78 is 29.6. The summed E-state index contributed by atoms with van der Waals surface area (Å²) in [5, 5.41) is 2.72. The molecule has 0 spiro atoms. The summed E-state index contributed by atoms with van der Waals surface area (Å²) in [4.78, 5) is 13.7. The van der Waals surface area contributed by atoms with Gasteiger partial charge < -0.3 is 15.0 Å². The van der Waals surface area contributed by atoms with Crippen LogP contribution in [0.2, 0.25) is 0 Å². The van der Waals surface area contributed by atoms with Crippen LogP contribution in [0.15, 0.2) is 30.3 Å². The summed E-state index contributed by atoms with van der Waals surface area (Å²) >= 11 is 0. The Labute approximate surface area is 130 Å². The quantitative estimate of drug-likeness (QED) is 0.870. The lowest BCUT2D eigenvalue weighted by atomic mass is 10.0. The summed E-state index contributed by atoms with van der Waals surface area (Å²) in [6.07, 6.45) is 0.202. The lowest BCUT2D eigenvalue weighted by Gasteiger charge is -2.40. The summed E-state index contributed by atoms with van der Waals surface area (Å²) in [7, 11) is -3.13. The number of fused-ring (bicyclic) bond motifs is 1. The van der Waals surface area contributed by atoms with Gasteiger partial charge in [-0.05, 0) is 12.0 Å². The van der Waals surface area contributed by atoms with Crippen molar-refractivity contribution in [3.63, 3.8) is 0 Å². The third-order valence-corrected chi connectivity index (χ3v) is 6.45. The monoisotopic (exact) mass is 324 g/mol. The lowest BCUT2D eigenvalue weighted by Crippen LogP contribution is -2.61. The van der Waals surface area contributed by atoms with Crippen LogP contribution in [0.5, 0.6) is 0 Å². The Hall–Kier alpha value is -1.60. The summed E-state index contributed by atoms with van der Waals surface area (Å²) in [5.74, 6) is 0.140. The van der Waals surface area contributed by atoms with Crippen LogP contribution in [0.25, 0.3) is 0 Å². The number of piperidine rings is 1. The molecule has 2 fully saturated rings. The van der Waals surface area contributed by atoms with Crippen LogP contribution in [0.1, 0.15) is 12.0 Å². The van der Waals surface area contributed by atoms with E-state index in [0.717, 1.165) is 5.56 Å². The number of likely N-dealkylation sites (tertiary alicyclic amines) is 1. The minimum absolute atomic E-state index is 0.0445. The number of ether oxygens (including phenoxy) is 1. The van der Waals surface area contributed by atoms with Gasteiger partial charge in [-0.3, -0.25) is 0 Å². The molecule has 2 aliphatic rings. The molecule has 0 aliphatic carbocycles. The highest BCUT2D eigenvalue weighted by Gasteiger charge is 2.42. The Kier molecular flexibility index (Phi) is 4.35. The Morgan fingerprint density at radius 1 is 1.32 bits per heavy atom. The lowest BCUT2D eigenvalue weighted by molar-refractivity contribution is 0.0856. The third-order valence-electron chi connectivity index (χ3n) is 4.28. The molecule has 22 heavy (non-hydrogen) atoms. The molecule has 1 aromatic rings. The molecule has 7 heteroatoms. The number of carbonyl (C=O) groups is 1. The molecular formula is C15H20N2O4S. The van der Waals surface area contributed by atoms with Crippen molar-refractivity contribution in [2.45, 2.75) is 24.3 Å². The topological polar surface area (TPSA) is 75.7 Å². The molecule has 2 aliphatic heterocycles. The first-order valence-electron chi connectivity index (χ1n) is 7.47. The van der Waals surface area contributed by atoms with Gasteiger partial charge in [0.15, 0.2) is 9.84 Å². The molecule has 0 bridgehead atoms. The summed E-state index contributed by atoms with van der Waals surface area (Å²) in [6.45, 7) is 1.45. The van der Waals surface area contributed by atoms with Crippen LogP contribution in [0, 0.1) is 0 Å². The van der Waals surface area contributed by atoms with Crippen LogP contribution < -0.4 is 5.32 Å². The predicted octanol–water partition coefficient (Wildman–Crippen LogP) is 0.784. The molecule has 120 valence electrons. The molecule has 2 saturated heterocycles. The van der Waals surface area contributed by atoms with Gasteiger partial charge in [0, 0.05) is 25.7 Å². The minimum atomic E-state index is -3.13. The van der Waals surface area contributed by atoms with Gasteiger partial charge >= 0.3 is 6.09 Å². The first-order chi connectivity index (χ1) is 10.6. The molecule has 2 heterocycles. The van der Waals surface area contributed by atoms with Crippen molar-refractivity contribution in [1.29, 1.82) is 0 Å². The second kappa shape index (κ2) is 6.26. The molecule has 1 amide bonds. The second-order valence-electron chi connectivity index (χ2n) is 5.74. The molecule has 0 saturated carbocycles. The Morgan fingerprint density at radius 3 is 2.86 bits per heavy atom. The maximum absolute atomic E-state index is 12.1. The van der Waals surface area contributed by atoms with E-state index in [2.05, 4.69) is 5.32 Å². The van der Waals surface area contributed by atoms with Crippen LogP contribution >= 0.6 is 0 Å². The van der Waals surface area contributed by atoms with E-state index in [1.807, 2.05) is 30.3 Å². The van der Waals surface area contributed by atoms with E-state index in [9.17, 15) is 13.2 Å². The van der Waals surface area contributed by atoms with Crippen LogP contribution in [-0.4, -0.2) is 56.1 Å². The van der Waals surface area contributed by atoms with Gasteiger partial charge in [0.2, 0.25) is 0 Å². The fourth-order valence-electron chi connectivity index (χ4n) is 3.03. The van der Waals surface area contributed by atoms with Crippen molar-refractivity contribution in [2.75, 3.05) is 25.4 Å². The molecular weight excluding hydrogens is 304 g/mol. The maximum atomic E-state index is 12.1. The highest BCUT2D eigenvalue weighted by Crippen LogP contribution is 2.22. The van der Waals surface area contributed by atoms with E-state index in [4.69, 9.17) is 4.74 Å². The van der Waals surface area contributed by atoms with E-state index in [1.54, 1.807) is 0 Å². The van der Waals surface area contributed by atoms with Gasteiger partial charge in [-0.2, -0.15) is 0 Å². The van der Waals surface area contributed by atoms with E-state index >= 15 is 0 Å². The predicted molar refractivity (Wildman–Crippen MR) is 82.2 cm³/mol. The normalized spacial score (nSPS) is 27.0. The minimum Gasteiger partial charge on any atom is -0.445 e. The molecule has 2 atom stereocenters. The standard InChI is InChI=1S/C15H20N2O4S/c18-15(21-11-12-4-2-1-3-5-12)17-8-6-13-14(10-17)22(19,20)9-7-16-13/h1-5,13-14,16H,6-11H2/t13-,14+/m0/s1. The number of amides is 1. The molecule has 1 aromatic carbocycles. The Balaban J connectivity index is 1.60. The molecule has 0 unspecified atom stereocenters. The van der Waals surface area contributed by atoms with Crippen molar-refractivity contribution in [1.82, 2.24) is 10.2 Å². The van der Waals surface area contributed by atoms with Crippen molar-refractivity contribution in [3.8, 4) is 0 Å². The molecule has 6 nitrogen and oxygen atoms in total. The zero-order chi connectivity index (χ0) is 15.6. The summed E-state index contributed by atoms with van der Waals surface area (Å²) in [5.41, 5.74) is 0.915. The SMILES string of the molecule is O=C(OCc1ccccc1)N1CC[C@@H]2NCCS(=O)(=O)[C@@H]2C1. The largest absolute Gasteiger partial charge is 0.445 e. The molecule has 3 rings (SSSR count). The van der Waals surface area contributed by atoms with Crippen LogP contribution in [-0.2, 0) is 21.2 Å². The maximum Gasteiger partial charge on any atom is 0.410 e. The van der Waals surface area contributed by atoms with Gasteiger partial charge in [0.25, 0.3) is 0 Å². The third kappa shape index (κ3) is 3.25. The van der Waals surface area contributed by atoms with Crippen molar-refractivity contribution in [2.24, 2.45) is 0 Å². The van der Waals surface area contributed by atoms with Gasteiger partial charge in [-0.25, -0.2) is 13.2 Å². The number of benzene rings is 1. The van der Waals surface area contributed by atoms with Gasteiger partial charge in [0.1, 0.15) is 6.61 Å². The van der Waals surface area contributed by atoms with E-state index < -0.39 is 21.2 Å².